The van der Waals surface area contributed by atoms with Gasteiger partial charge in [-0.2, -0.15) is 25.3 Å². The van der Waals surface area contributed by atoms with Gasteiger partial charge in [-0.25, -0.2) is 9.59 Å². The highest BCUT2D eigenvalue weighted by Gasteiger charge is 2.20. The average molecular weight is 1100 g/mol. The first-order valence-corrected chi connectivity index (χ1v) is 25.7. The SMILES string of the molecule is Cc1cc(C)c(N)c(S(=O)(=O)O)c1.Cc1ccc(N)c(C(=O)O)c1.Cc1ccc(N)c(P(=O)(O)O)c1.Cc1ccc(N)c(S(=O)(=O)O)c1.Nc1ccc(N)c(S(=O)(=O)O)c1.Nc1ccc([N+](=O)[O-])cc1C(=O)O. The van der Waals surface area contributed by atoms with Gasteiger partial charge in [0.05, 0.1) is 38.4 Å². The molecule has 0 unspecified atom stereocenters. The zero-order valence-corrected chi connectivity index (χ0v) is 42.4. The van der Waals surface area contributed by atoms with Crippen molar-refractivity contribution in [2.45, 2.75) is 49.3 Å². The quantitative estimate of drug-likeness (QED) is 0.0342. The van der Waals surface area contributed by atoms with E-state index in [9.17, 15) is 49.5 Å². The van der Waals surface area contributed by atoms with Crippen LogP contribution in [0, 0.1) is 44.7 Å². The highest BCUT2D eigenvalue weighted by molar-refractivity contribution is 7.86. The second kappa shape index (κ2) is 26.0. The molecule has 0 heterocycles. The van der Waals surface area contributed by atoms with Crippen LogP contribution in [0.4, 0.5) is 45.5 Å². The number of carboxylic acid groups (broad SMARTS) is 2. The number of aromatic carboxylic acids is 2. The Bertz CT molecular complexity index is 3330. The number of rotatable bonds is 7. The predicted octanol–water partition coefficient (Wildman–Crippen LogP) is 4.58. The molecule has 6 aromatic carbocycles. The molecule has 6 aromatic rings. The lowest BCUT2D eigenvalue weighted by Gasteiger charge is -2.07. The van der Waals surface area contributed by atoms with Gasteiger partial charge < -0.3 is 60.1 Å². The van der Waals surface area contributed by atoms with Crippen LogP contribution < -0.4 is 45.4 Å². The molecule has 30 heteroatoms. The van der Waals surface area contributed by atoms with Gasteiger partial charge >= 0.3 is 19.5 Å². The Morgan fingerprint density at radius 3 is 1.25 bits per heavy atom. The van der Waals surface area contributed by atoms with Crippen LogP contribution in [0.15, 0.2) is 118 Å². The standard InChI is InChI=1S/C8H11NO3S.C8H9NO2.C7H6N2O4.C7H10NO3P.C7H9NO3S.C6H8N2O3S/c1-5-3-6(2)8(9)7(4-5)13(10,11)12;1-5-2-3-7(9)6(4-5)8(10)11;8-6-2-1-4(9(12)13)3-5(6)7(10)11;2*1-5-2-3-6(8)7(4-5)12(9,10)11;7-4-1-2-5(8)6(3-4)12(9,10)11/h3-4H,9H2,1-2H3,(H,10,11,12);2-4H,9H2,1H3,(H,10,11);1-3H,8H2,(H,10,11);2-4H,8H2,1H3,(H2,9,10,11);2-4H,8H2,1H3,(H,9,10,11);1-3H,7-8H2,(H,9,10,11). The molecule has 26 nitrogen and oxygen atoms in total. The number of carbonyl (C=O) groups is 2. The number of nitrogens with zero attached hydrogens (tertiary/aromatic N) is 1. The first kappa shape index (κ1) is 63.2. The number of hydrogen-bond donors (Lipinski definition) is 14. The molecule has 0 aliphatic heterocycles. The van der Waals surface area contributed by atoms with E-state index in [2.05, 4.69) is 0 Å². The van der Waals surface area contributed by atoms with E-state index in [1.165, 1.54) is 48.5 Å². The fourth-order valence-corrected chi connectivity index (χ4v) is 8.30. The van der Waals surface area contributed by atoms with E-state index in [-0.39, 0.29) is 70.9 Å². The molecule has 0 saturated carbocycles. The van der Waals surface area contributed by atoms with Crippen molar-refractivity contribution < 1.29 is 78.0 Å². The van der Waals surface area contributed by atoms with E-state index in [1.807, 2.05) is 6.92 Å². The first-order valence-electron chi connectivity index (χ1n) is 19.8. The van der Waals surface area contributed by atoms with Gasteiger partial charge in [0.1, 0.15) is 14.7 Å². The van der Waals surface area contributed by atoms with Gasteiger partial charge in [0.2, 0.25) is 0 Å². The number of nitro groups is 1. The first-order chi connectivity index (χ1) is 33.2. The number of nitro benzene ring substituents is 1. The number of non-ortho nitro benzene ring substituents is 1. The molecule has 0 aliphatic carbocycles. The molecular formula is C43H53N8O18PS3. The van der Waals surface area contributed by atoms with Crippen LogP contribution in [0.25, 0.3) is 0 Å². The lowest BCUT2D eigenvalue weighted by atomic mass is 10.1. The van der Waals surface area contributed by atoms with Gasteiger partial charge in [-0.1, -0.05) is 35.4 Å². The summed E-state index contributed by atoms with van der Waals surface area (Å²) in [6.07, 6.45) is 0. The summed E-state index contributed by atoms with van der Waals surface area (Å²) in [6.45, 7) is 8.72. The Morgan fingerprint density at radius 1 is 0.493 bits per heavy atom. The highest BCUT2D eigenvalue weighted by Crippen LogP contribution is 2.35. The van der Waals surface area contributed by atoms with Crippen LogP contribution >= 0.6 is 7.60 Å². The minimum Gasteiger partial charge on any atom is -0.478 e. The second-order valence-corrected chi connectivity index (χ2v) is 20.8. The predicted molar refractivity (Wildman–Crippen MR) is 275 cm³/mol. The Balaban J connectivity index is 0.000000438. The van der Waals surface area contributed by atoms with Crippen LogP contribution in [0.5, 0.6) is 0 Å². The van der Waals surface area contributed by atoms with Gasteiger partial charge in [-0.15, -0.1) is 0 Å². The number of anilines is 7. The molecule has 0 aliphatic rings. The largest absolute Gasteiger partial charge is 0.478 e. The second-order valence-electron chi connectivity index (χ2n) is 15.1. The number of hydrogen-bond acceptors (Lipinski definition) is 18. The topological polar surface area (TPSA) is 521 Å². The minimum absolute atomic E-state index is 0.0121. The molecule has 0 fully saturated rings. The lowest BCUT2D eigenvalue weighted by molar-refractivity contribution is -0.384. The summed E-state index contributed by atoms with van der Waals surface area (Å²) in [7, 11) is -16.9. The van der Waals surface area contributed by atoms with Crippen molar-refractivity contribution in [3.63, 3.8) is 0 Å². The van der Waals surface area contributed by atoms with Gasteiger partial charge in [0.15, 0.2) is 0 Å². The minimum atomic E-state index is -4.26. The van der Waals surface area contributed by atoms with Crippen molar-refractivity contribution in [2.24, 2.45) is 0 Å². The normalized spacial score (nSPS) is 10.9. The van der Waals surface area contributed by atoms with E-state index >= 15 is 0 Å². The Labute approximate surface area is 418 Å². The van der Waals surface area contributed by atoms with Crippen molar-refractivity contribution >= 4 is 101 Å². The van der Waals surface area contributed by atoms with Crippen molar-refractivity contribution in [3.8, 4) is 0 Å². The van der Waals surface area contributed by atoms with Crippen LogP contribution in [-0.2, 0) is 34.9 Å². The van der Waals surface area contributed by atoms with Gasteiger partial charge in [-0.05, 0) is 118 Å². The number of nitrogens with two attached hydrogens (primary N) is 7. The molecule has 0 amide bonds. The molecule has 6 rings (SSSR count). The third-order valence-corrected chi connectivity index (χ3v) is 12.7. The van der Waals surface area contributed by atoms with Gasteiger partial charge in [0, 0.05) is 34.9 Å². The molecule has 0 bridgehead atoms. The molecule has 0 saturated heterocycles. The van der Waals surface area contributed by atoms with Crippen molar-refractivity contribution in [1.82, 2.24) is 0 Å². The van der Waals surface area contributed by atoms with E-state index in [1.54, 1.807) is 64.1 Å². The Kier molecular flexibility index (Phi) is 22.5. The zero-order chi connectivity index (χ0) is 56.7. The van der Waals surface area contributed by atoms with E-state index in [0.29, 0.717) is 11.3 Å². The summed E-state index contributed by atoms with van der Waals surface area (Å²) in [6, 6.07) is 24.2. The zero-order valence-electron chi connectivity index (χ0n) is 39.1. The van der Waals surface area contributed by atoms with Crippen LogP contribution in [0.3, 0.4) is 0 Å². The smallest absolute Gasteiger partial charge is 0.358 e. The maximum atomic E-state index is 10.8. The van der Waals surface area contributed by atoms with Crippen LogP contribution in [0.2, 0.25) is 0 Å². The third kappa shape index (κ3) is 20.8. The highest BCUT2D eigenvalue weighted by atomic mass is 32.2. The monoisotopic (exact) mass is 1100 g/mol. The van der Waals surface area contributed by atoms with Crippen LogP contribution in [-0.4, -0.2) is 75.8 Å². The summed E-state index contributed by atoms with van der Waals surface area (Å²) in [4.78, 5) is 47.4. The summed E-state index contributed by atoms with van der Waals surface area (Å²) in [5, 5.41) is 27.3. The maximum absolute atomic E-state index is 10.8. The summed E-state index contributed by atoms with van der Waals surface area (Å²) < 4.78 is 101. The molecule has 0 atom stereocenters. The molecule has 73 heavy (non-hydrogen) atoms. The van der Waals surface area contributed by atoms with Crippen molar-refractivity contribution in [1.29, 1.82) is 0 Å². The molecule has 0 radical (unpaired) electrons. The van der Waals surface area contributed by atoms with Crippen LogP contribution in [0.1, 0.15) is 48.5 Å². The molecular weight excluding hydrogens is 1040 g/mol. The van der Waals surface area contributed by atoms with Gasteiger partial charge in [0.25, 0.3) is 36.0 Å². The molecule has 396 valence electrons. The molecule has 21 N–H and O–H groups in total. The summed E-state index contributed by atoms with van der Waals surface area (Å²) >= 11 is 0. The van der Waals surface area contributed by atoms with E-state index < -0.39 is 54.8 Å². The average Bonchev–Trinajstić information content (AvgIpc) is 3.25. The number of aryl methyl sites for hydroxylation is 5. The number of nitrogen functional groups attached to an aromatic ring is 7. The van der Waals surface area contributed by atoms with Crippen molar-refractivity contribution in [2.75, 3.05) is 40.1 Å². The maximum Gasteiger partial charge on any atom is 0.358 e. The van der Waals surface area contributed by atoms with E-state index in [0.717, 1.165) is 40.5 Å². The third-order valence-electron chi connectivity index (χ3n) is 8.95. The van der Waals surface area contributed by atoms with Gasteiger partial charge in [-0.3, -0.25) is 28.3 Å². The Hall–Kier alpha value is -7.86. The fraction of sp³-hybridized carbons (Fsp3) is 0.116. The van der Waals surface area contributed by atoms with Crippen molar-refractivity contribution in [3.05, 3.63) is 152 Å². The van der Waals surface area contributed by atoms with E-state index in [4.69, 9.17) is 73.8 Å². The number of benzene rings is 6. The Morgan fingerprint density at radius 2 is 0.863 bits per heavy atom. The summed E-state index contributed by atoms with van der Waals surface area (Å²) in [5.41, 5.74) is 41.8. The summed E-state index contributed by atoms with van der Waals surface area (Å²) in [5.74, 6) is -2.26. The lowest BCUT2D eigenvalue weighted by Crippen LogP contribution is -2.10. The molecule has 0 spiro atoms. The number of carboxylic acids is 2. The molecule has 0 aromatic heterocycles. The fourth-order valence-electron chi connectivity index (χ4n) is 5.40.